The van der Waals surface area contributed by atoms with E-state index in [1.807, 2.05) is 17.0 Å². The molecule has 0 bridgehead atoms. The van der Waals surface area contributed by atoms with Crippen molar-refractivity contribution < 1.29 is 18.7 Å². The second-order valence-corrected chi connectivity index (χ2v) is 8.42. The Morgan fingerprint density at radius 2 is 1.87 bits per heavy atom. The van der Waals surface area contributed by atoms with Crippen LogP contribution >= 0.6 is 0 Å². The molecule has 1 heterocycles. The fourth-order valence-corrected chi connectivity index (χ4v) is 4.86. The molecule has 0 spiro atoms. The monoisotopic (exact) mass is 425 g/mol. The highest BCUT2D eigenvalue weighted by atomic mass is 19.1. The van der Waals surface area contributed by atoms with E-state index >= 15 is 0 Å². The van der Waals surface area contributed by atoms with Crippen molar-refractivity contribution in [2.75, 3.05) is 12.4 Å². The van der Waals surface area contributed by atoms with Gasteiger partial charge >= 0.3 is 6.03 Å². The van der Waals surface area contributed by atoms with E-state index in [-0.39, 0.29) is 17.6 Å². The van der Waals surface area contributed by atoms with Gasteiger partial charge in [-0.25, -0.2) is 9.18 Å². The molecule has 1 aliphatic carbocycles. The van der Waals surface area contributed by atoms with E-state index in [4.69, 9.17) is 10.5 Å². The van der Waals surface area contributed by atoms with E-state index in [1.54, 1.807) is 7.11 Å². The van der Waals surface area contributed by atoms with Crippen LogP contribution in [0, 0.1) is 11.7 Å². The van der Waals surface area contributed by atoms with Gasteiger partial charge in [0.25, 0.3) is 5.91 Å². The summed E-state index contributed by atoms with van der Waals surface area (Å²) in [6.07, 6.45) is 6.64. The number of anilines is 1. The fourth-order valence-electron chi connectivity index (χ4n) is 4.86. The molecule has 164 valence electrons. The summed E-state index contributed by atoms with van der Waals surface area (Å²) in [6.45, 7) is 0.474. The van der Waals surface area contributed by atoms with Crippen molar-refractivity contribution >= 4 is 17.6 Å². The van der Waals surface area contributed by atoms with Crippen LogP contribution in [-0.4, -0.2) is 30.0 Å². The van der Waals surface area contributed by atoms with Gasteiger partial charge in [0.2, 0.25) is 0 Å². The minimum absolute atomic E-state index is 0.0935. The summed E-state index contributed by atoms with van der Waals surface area (Å²) in [4.78, 5) is 26.4. The number of halogens is 1. The standard InChI is InChI=1S/C24H28FN3O3/c1-31-19-9-7-16-12-22(15-5-3-2-4-6-15)28(14-17(16)11-19)24(30)27-18-8-10-20(23(26)29)21(25)13-18/h7-11,13,15,22H,2-6,12,14H2,1H3,(H2,26,29)(H,27,30). The Labute approximate surface area is 181 Å². The zero-order chi connectivity index (χ0) is 22.0. The molecule has 1 saturated carbocycles. The molecular formula is C24H28FN3O3. The van der Waals surface area contributed by atoms with Gasteiger partial charge in [-0.3, -0.25) is 4.79 Å². The third-order valence-corrected chi connectivity index (χ3v) is 6.52. The summed E-state index contributed by atoms with van der Waals surface area (Å²) in [5.74, 6) is -0.375. The summed E-state index contributed by atoms with van der Waals surface area (Å²) in [5, 5.41) is 2.81. The van der Waals surface area contributed by atoms with E-state index in [9.17, 15) is 14.0 Å². The van der Waals surface area contributed by atoms with Gasteiger partial charge in [0.1, 0.15) is 11.6 Å². The maximum Gasteiger partial charge on any atom is 0.322 e. The topological polar surface area (TPSA) is 84.7 Å². The second-order valence-electron chi connectivity index (χ2n) is 8.42. The van der Waals surface area contributed by atoms with Crippen molar-refractivity contribution in [3.8, 4) is 5.75 Å². The summed E-state index contributed by atoms with van der Waals surface area (Å²) in [5.41, 5.74) is 7.58. The first-order valence-corrected chi connectivity index (χ1v) is 10.8. The van der Waals surface area contributed by atoms with Gasteiger partial charge in [-0.05, 0) is 66.6 Å². The van der Waals surface area contributed by atoms with Crippen molar-refractivity contribution in [2.45, 2.75) is 51.1 Å². The number of hydrogen-bond donors (Lipinski definition) is 2. The smallest absolute Gasteiger partial charge is 0.322 e. The number of ether oxygens (including phenoxy) is 1. The molecule has 1 aliphatic heterocycles. The lowest BCUT2D eigenvalue weighted by Gasteiger charge is -2.42. The van der Waals surface area contributed by atoms with Crippen molar-refractivity contribution in [3.05, 3.63) is 58.9 Å². The van der Waals surface area contributed by atoms with Gasteiger partial charge < -0.3 is 20.7 Å². The molecular weight excluding hydrogens is 397 g/mol. The molecule has 2 aliphatic rings. The third-order valence-electron chi connectivity index (χ3n) is 6.52. The van der Waals surface area contributed by atoms with Gasteiger partial charge in [0.15, 0.2) is 0 Å². The van der Waals surface area contributed by atoms with Gasteiger partial charge in [-0.2, -0.15) is 0 Å². The number of methoxy groups -OCH3 is 1. The number of nitrogens with zero attached hydrogens (tertiary/aromatic N) is 1. The number of amides is 3. The molecule has 4 rings (SSSR count). The van der Waals surface area contributed by atoms with Gasteiger partial charge in [0.05, 0.1) is 12.7 Å². The molecule has 7 heteroatoms. The average molecular weight is 426 g/mol. The Bertz CT molecular complexity index is 988. The molecule has 2 aromatic rings. The van der Waals surface area contributed by atoms with Crippen molar-refractivity contribution in [2.24, 2.45) is 11.7 Å². The highest BCUT2D eigenvalue weighted by Gasteiger charge is 2.36. The number of carbonyl (C=O) groups is 2. The summed E-state index contributed by atoms with van der Waals surface area (Å²) >= 11 is 0. The molecule has 2 aromatic carbocycles. The molecule has 1 unspecified atom stereocenters. The minimum Gasteiger partial charge on any atom is -0.497 e. The number of nitrogens with one attached hydrogen (secondary N) is 1. The maximum atomic E-state index is 14.2. The van der Waals surface area contributed by atoms with Gasteiger partial charge in [-0.1, -0.05) is 25.3 Å². The molecule has 1 fully saturated rings. The normalized spacial score (nSPS) is 18.9. The number of hydrogen-bond acceptors (Lipinski definition) is 3. The first kappa shape index (κ1) is 21.2. The zero-order valence-electron chi connectivity index (χ0n) is 17.7. The maximum absolute atomic E-state index is 14.2. The number of fused-ring (bicyclic) bond motifs is 1. The quantitative estimate of drug-likeness (QED) is 0.758. The Balaban J connectivity index is 1.59. The lowest BCUT2D eigenvalue weighted by Crippen LogP contribution is -2.50. The molecule has 6 nitrogen and oxygen atoms in total. The van der Waals surface area contributed by atoms with Crippen LogP contribution in [0.3, 0.4) is 0 Å². The Morgan fingerprint density at radius 1 is 1.10 bits per heavy atom. The third kappa shape index (κ3) is 4.50. The fraction of sp³-hybridized carbons (Fsp3) is 0.417. The number of rotatable bonds is 4. The van der Waals surface area contributed by atoms with E-state index in [2.05, 4.69) is 11.4 Å². The Kier molecular flexibility index (Phi) is 6.11. The van der Waals surface area contributed by atoms with Crippen LogP contribution in [0.1, 0.15) is 53.6 Å². The van der Waals surface area contributed by atoms with Gasteiger partial charge in [0, 0.05) is 18.3 Å². The number of benzene rings is 2. The van der Waals surface area contributed by atoms with Crippen LogP contribution < -0.4 is 15.8 Å². The molecule has 3 N–H and O–H groups in total. The van der Waals surface area contributed by atoms with E-state index in [1.165, 1.54) is 37.0 Å². The predicted octanol–water partition coefficient (Wildman–Crippen LogP) is 4.47. The van der Waals surface area contributed by atoms with Crippen LogP contribution in [0.2, 0.25) is 0 Å². The first-order chi connectivity index (χ1) is 15.0. The lowest BCUT2D eigenvalue weighted by molar-refractivity contribution is 0.0996. The molecule has 3 amide bonds. The second kappa shape index (κ2) is 8.96. The van der Waals surface area contributed by atoms with Crippen LogP contribution in [0.4, 0.5) is 14.9 Å². The number of nitrogens with two attached hydrogens (primary N) is 1. The molecule has 31 heavy (non-hydrogen) atoms. The van der Waals surface area contributed by atoms with Gasteiger partial charge in [-0.15, -0.1) is 0 Å². The van der Waals surface area contributed by atoms with Crippen LogP contribution in [0.15, 0.2) is 36.4 Å². The zero-order valence-corrected chi connectivity index (χ0v) is 17.7. The van der Waals surface area contributed by atoms with Crippen molar-refractivity contribution in [3.63, 3.8) is 0 Å². The number of urea groups is 1. The van der Waals surface area contributed by atoms with E-state index in [0.29, 0.717) is 18.2 Å². The minimum atomic E-state index is -0.839. The van der Waals surface area contributed by atoms with Crippen molar-refractivity contribution in [1.82, 2.24) is 4.90 Å². The molecule has 0 aromatic heterocycles. The Morgan fingerprint density at radius 3 is 2.55 bits per heavy atom. The van der Waals surface area contributed by atoms with Crippen LogP contribution in [-0.2, 0) is 13.0 Å². The molecule has 0 radical (unpaired) electrons. The first-order valence-electron chi connectivity index (χ1n) is 10.8. The van der Waals surface area contributed by atoms with E-state index < -0.39 is 11.7 Å². The van der Waals surface area contributed by atoms with Crippen LogP contribution in [0.5, 0.6) is 5.75 Å². The largest absolute Gasteiger partial charge is 0.497 e. The van der Waals surface area contributed by atoms with Crippen LogP contribution in [0.25, 0.3) is 0 Å². The summed E-state index contributed by atoms with van der Waals surface area (Å²) < 4.78 is 19.5. The highest BCUT2D eigenvalue weighted by molar-refractivity contribution is 5.94. The van der Waals surface area contributed by atoms with Crippen molar-refractivity contribution in [1.29, 1.82) is 0 Å². The van der Waals surface area contributed by atoms with E-state index in [0.717, 1.165) is 36.6 Å². The highest BCUT2D eigenvalue weighted by Crippen LogP contribution is 2.36. The Hall–Kier alpha value is -3.09. The average Bonchev–Trinajstić information content (AvgIpc) is 2.78. The number of carbonyl (C=O) groups excluding carboxylic acids is 2. The lowest BCUT2D eigenvalue weighted by atomic mass is 9.78. The summed E-state index contributed by atoms with van der Waals surface area (Å²) in [6, 6.07) is 9.79. The molecule has 1 atom stereocenters. The molecule has 0 saturated heterocycles. The summed E-state index contributed by atoms with van der Waals surface area (Å²) in [7, 11) is 1.63. The SMILES string of the molecule is COc1ccc2c(c1)CN(C(=O)Nc1ccc(C(N)=O)c(F)c1)C(C1CCCCC1)C2. The predicted molar refractivity (Wildman–Crippen MR) is 117 cm³/mol. The number of primary amides is 1.